The number of halogens is 11. The summed E-state index contributed by atoms with van der Waals surface area (Å²) in [6.45, 7) is 1.36. The van der Waals surface area contributed by atoms with Gasteiger partial charge < -0.3 is 4.43 Å². The van der Waals surface area contributed by atoms with E-state index in [1.165, 1.54) is 6.92 Å². The molecule has 132 valence electrons. The van der Waals surface area contributed by atoms with E-state index >= 15 is 0 Å². The van der Waals surface area contributed by atoms with Crippen molar-refractivity contribution < 1.29 is 52.7 Å². The Bertz CT molecular complexity index is 405. The van der Waals surface area contributed by atoms with E-state index in [-0.39, 0.29) is 12.5 Å². The Hall–Kier alpha value is -0.593. The minimum absolute atomic E-state index is 0.0718. The molecule has 0 saturated heterocycles. The van der Waals surface area contributed by atoms with Crippen molar-refractivity contribution in [2.75, 3.05) is 0 Å². The SMILES string of the molecule is CCC[SiH2]OC1(F)C(F)(F)C(F)(F)C(F)(F)C(F)(F)C1(F)F. The fraction of sp³-hybridized carbons (Fsp3) is 1.00. The van der Waals surface area contributed by atoms with Gasteiger partial charge >= 0.3 is 35.5 Å². The van der Waals surface area contributed by atoms with Crippen molar-refractivity contribution in [3.05, 3.63) is 0 Å². The molecule has 0 N–H and O–H groups in total. The number of rotatable bonds is 4. The number of alkyl halides is 11. The van der Waals surface area contributed by atoms with Gasteiger partial charge in [0.05, 0.1) is 0 Å². The summed E-state index contributed by atoms with van der Waals surface area (Å²) in [5.41, 5.74) is 0. The summed E-state index contributed by atoms with van der Waals surface area (Å²) in [6, 6.07) is -0.300. The Morgan fingerprint density at radius 2 is 0.955 bits per heavy atom. The van der Waals surface area contributed by atoms with Crippen LogP contribution in [0.15, 0.2) is 0 Å². The molecule has 1 nitrogen and oxygen atoms in total. The second-order valence-corrected chi connectivity index (χ2v) is 6.07. The van der Waals surface area contributed by atoms with E-state index in [2.05, 4.69) is 4.43 Å². The van der Waals surface area contributed by atoms with Gasteiger partial charge in [-0.15, -0.1) is 0 Å². The normalized spacial score (nSPS) is 30.5. The average Bonchev–Trinajstić information content (AvgIpc) is 2.36. The van der Waals surface area contributed by atoms with Gasteiger partial charge in [-0.05, 0) is 6.04 Å². The van der Waals surface area contributed by atoms with Gasteiger partial charge in [0.25, 0.3) is 0 Å². The molecule has 0 bridgehead atoms. The molecule has 0 unspecified atom stereocenters. The minimum Gasteiger partial charge on any atom is -0.384 e. The highest BCUT2D eigenvalue weighted by atomic mass is 28.2. The van der Waals surface area contributed by atoms with Crippen molar-refractivity contribution in [3.63, 3.8) is 0 Å². The van der Waals surface area contributed by atoms with Crippen molar-refractivity contribution in [2.45, 2.75) is 54.9 Å². The zero-order valence-electron chi connectivity index (χ0n) is 10.7. The maximum atomic E-state index is 13.8. The molecule has 0 aromatic carbocycles. The van der Waals surface area contributed by atoms with Crippen LogP contribution in [0.3, 0.4) is 0 Å². The molecule has 1 aliphatic carbocycles. The summed E-state index contributed by atoms with van der Waals surface area (Å²) in [5.74, 6) is -41.3. The van der Waals surface area contributed by atoms with Crippen LogP contribution in [0.1, 0.15) is 13.3 Å². The van der Waals surface area contributed by atoms with Gasteiger partial charge in [0.15, 0.2) is 9.76 Å². The third-order valence-corrected chi connectivity index (χ3v) is 4.78. The molecule has 0 atom stereocenters. The minimum atomic E-state index is -7.18. The van der Waals surface area contributed by atoms with Crippen LogP contribution in [0.2, 0.25) is 6.04 Å². The molecule has 0 heterocycles. The van der Waals surface area contributed by atoms with Crippen molar-refractivity contribution in [3.8, 4) is 0 Å². The molecule has 1 saturated carbocycles. The van der Waals surface area contributed by atoms with E-state index in [9.17, 15) is 48.3 Å². The highest BCUT2D eigenvalue weighted by molar-refractivity contribution is 6.27. The lowest BCUT2D eigenvalue weighted by Gasteiger charge is -2.52. The largest absolute Gasteiger partial charge is 0.384 e. The standard InChI is InChI=1S/C9H9F11OSi/c1-2-3-22-21-9(20)7(16,17)5(12,13)4(10,11)6(14,15)8(9,18)19/h2-3,22H2,1H3. The van der Waals surface area contributed by atoms with Crippen LogP contribution >= 0.6 is 0 Å². The first-order valence-electron chi connectivity index (χ1n) is 5.78. The Labute approximate surface area is 118 Å². The van der Waals surface area contributed by atoms with Gasteiger partial charge in [0.2, 0.25) is 0 Å². The molecule has 0 amide bonds. The van der Waals surface area contributed by atoms with Crippen LogP contribution in [0.4, 0.5) is 48.3 Å². The topological polar surface area (TPSA) is 9.23 Å². The zero-order valence-corrected chi connectivity index (χ0v) is 12.1. The molecule has 1 aliphatic rings. The van der Waals surface area contributed by atoms with Gasteiger partial charge in [-0.2, -0.15) is 48.3 Å². The summed E-state index contributed by atoms with van der Waals surface area (Å²) in [5, 5.41) is 0. The summed E-state index contributed by atoms with van der Waals surface area (Å²) < 4.78 is 148. The molecule has 1 rings (SSSR count). The first-order valence-corrected chi connectivity index (χ1v) is 7.36. The Morgan fingerprint density at radius 1 is 0.636 bits per heavy atom. The fourth-order valence-electron chi connectivity index (χ4n) is 1.73. The van der Waals surface area contributed by atoms with Crippen molar-refractivity contribution in [1.29, 1.82) is 0 Å². The van der Waals surface area contributed by atoms with Gasteiger partial charge in [0.1, 0.15) is 0 Å². The van der Waals surface area contributed by atoms with E-state index < -0.39 is 45.2 Å². The van der Waals surface area contributed by atoms with Crippen molar-refractivity contribution >= 4 is 9.76 Å². The lowest BCUT2D eigenvalue weighted by molar-refractivity contribution is -0.514. The molecule has 13 heteroatoms. The summed E-state index contributed by atoms with van der Waals surface area (Å²) >= 11 is 0. The number of hydrogen-bond donors (Lipinski definition) is 0. The lowest BCUT2D eigenvalue weighted by atomic mass is 9.79. The summed E-state index contributed by atoms with van der Waals surface area (Å²) in [4.78, 5) is 0. The molecule has 22 heavy (non-hydrogen) atoms. The Kier molecular flexibility index (Phi) is 4.38. The van der Waals surface area contributed by atoms with E-state index in [0.717, 1.165) is 0 Å². The predicted octanol–water partition coefficient (Wildman–Crippen LogP) is 3.77. The average molecular weight is 370 g/mol. The third kappa shape index (κ3) is 1.86. The van der Waals surface area contributed by atoms with E-state index in [4.69, 9.17) is 0 Å². The quantitative estimate of drug-likeness (QED) is 0.416. The van der Waals surface area contributed by atoms with Gasteiger partial charge in [-0.3, -0.25) is 0 Å². The third-order valence-electron chi connectivity index (χ3n) is 3.18. The zero-order chi connectivity index (χ0) is 17.8. The monoisotopic (exact) mass is 370 g/mol. The highest BCUT2D eigenvalue weighted by Crippen LogP contribution is 2.69. The molecule has 0 radical (unpaired) electrons. The van der Waals surface area contributed by atoms with Crippen LogP contribution in [0.5, 0.6) is 0 Å². The smallest absolute Gasteiger partial charge is 0.384 e. The lowest BCUT2D eigenvalue weighted by Crippen LogP contribution is -2.84. The van der Waals surface area contributed by atoms with E-state index in [1.807, 2.05) is 0 Å². The van der Waals surface area contributed by atoms with Crippen molar-refractivity contribution in [1.82, 2.24) is 0 Å². The van der Waals surface area contributed by atoms with Crippen molar-refractivity contribution in [2.24, 2.45) is 0 Å². The van der Waals surface area contributed by atoms with Gasteiger partial charge in [-0.25, -0.2) is 0 Å². The van der Waals surface area contributed by atoms with E-state index in [0.29, 0.717) is 0 Å². The molecule has 0 aromatic rings. The molecule has 1 fully saturated rings. The first-order chi connectivity index (χ1) is 9.56. The summed E-state index contributed by atoms with van der Waals surface area (Å²) in [7, 11) is -2.71. The maximum Gasteiger partial charge on any atom is 0.384 e. The van der Waals surface area contributed by atoms with Gasteiger partial charge in [-0.1, -0.05) is 13.3 Å². The highest BCUT2D eigenvalue weighted by Gasteiger charge is 3.01. The second kappa shape index (κ2) is 4.95. The summed E-state index contributed by atoms with van der Waals surface area (Å²) in [6.07, 6.45) is 0.0718. The van der Waals surface area contributed by atoms with Crippen LogP contribution in [-0.4, -0.2) is 45.2 Å². The van der Waals surface area contributed by atoms with Crippen LogP contribution in [-0.2, 0) is 4.43 Å². The predicted molar refractivity (Wildman–Crippen MR) is 53.3 cm³/mol. The van der Waals surface area contributed by atoms with Crippen LogP contribution in [0.25, 0.3) is 0 Å². The molecular weight excluding hydrogens is 361 g/mol. The van der Waals surface area contributed by atoms with Gasteiger partial charge in [0, 0.05) is 0 Å². The van der Waals surface area contributed by atoms with Crippen LogP contribution in [0, 0.1) is 0 Å². The van der Waals surface area contributed by atoms with E-state index in [1.54, 1.807) is 0 Å². The fourth-order valence-corrected chi connectivity index (χ4v) is 2.81. The first kappa shape index (κ1) is 19.5. The Morgan fingerprint density at radius 3 is 1.27 bits per heavy atom. The molecule has 0 aliphatic heterocycles. The second-order valence-electron chi connectivity index (χ2n) is 4.67. The van der Waals surface area contributed by atoms with Crippen LogP contribution < -0.4 is 0 Å². The molecular formula is C9H9F11OSi. The maximum absolute atomic E-state index is 13.8. The molecule has 0 spiro atoms. The Balaban J connectivity index is 3.55. The number of hydrogen-bond acceptors (Lipinski definition) is 1. The molecule has 0 aromatic heterocycles.